The monoisotopic (exact) mass is 456 g/mol. The molecule has 0 bridgehead atoms. The van der Waals surface area contributed by atoms with Gasteiger partial charge in [0.25, 0.3) is 5.91 Å². The van der Waals surface area contributed by atoms with Crippen LogP contribution in [0.2, 0.25) is 0 Å². The van der Waals surface area contributed by atoms with Crippen molar-refractivity contribution in [3.8, 4) is 17.0 Å². The fourth-order valence-corrected chi connectivity index (χ4v) is 5.13. The van der Waals surface area contributed by atoms with Gasteiger partial charge in [-0.15, -0.1) is 11.3 Å². The zero-order chi connectivity index (χ0) is 22.6. The highest BCUT2D eigenvalue weighted by Crippen LogP contribution is 2.34. The maximum absolute atomic E-state index is 12.9. The average Bonchev–Trinajstić information content (AvgIpc) is 3.24. The molecule has 2 aromatic carbocycles. The smallest absolute Gasteiger partial charge is 0.259 e. The van der Waals surface area contributed by atoms with Gasteiger partial charge in [-0.1, -0.05) is 13.5 Å². The summed E-state index contributed by atoms with van der Waals surface area (Å²) in [4.78, 5) is 19.2. The fourth-order valence-electron chi connectivity index (χ4n) is 2.96. The number of carbonyl (C=O) groups is 1. The molecule has 1 amide bonds. The standard InChI is InChI=1S/C23H24N2O4S2/c1-5-14-31(27,28)20-12-8-18(9-13-20)25(22(26)16(2)3)23-24-21(15-30-23)17-6-10-19(29-4)11-7-17/h6-13,15H,2,5,14H2,1,3-4H3. The first-order chi connectivity index (χ1) is 14.8. The van der Waals surface area contributed by atoms with Crippen LogP contribution in [0.1, 0.15) is 20.3 Å². The number of methoxy groups -OCH3 is 1. The zero-order valence-electron chi connectivity index (χ0n) is 17.7. The van der Waals surface area contributed by atoms with Gasteiger partial charge in [-0.2, -0.15) is 0 Å². The Bertz CT molecular complexity index is 1180. The lowest BCUT2D eigenvalue weighted by atomic mass is 10.2. The van der Waals surface area contributed by atoms with Crippen molar-refractivity contribution in [1.29, 1.82) is 0 Å². The molecule has 0 saturated carbocycles. The van der Waals surface area contributed by atoms with E-state index in [0.717, 1.165) is 17.0 Å². The van der Waals surface area contributed by atoms with Gasteiger partial charge in [-0.3, -0.25) is 9.69 Å². The van der Waals surface area contributed by atoms with Crippen LogP contribution >= 0.6 is 11.3 Å². The predicted molar refractivity (Wildman–Crippen MR) is 125 cm³/mol. The Morgan fingerprint density at radius 2 is 1.77 bits per heavy atom. The minimum Gasteiger partial charge on any atom is -0.497 e. The van der Waals surface area contributed by atoms with E-state index >= 15 is 0 Å². The summed E-state index contributed by atoms with van der Waals surface area (Å²) in [6.07, 6.45) is 0.539. The molecule has 0 fully saturated rings. The molecule has 0 atom stereocenters. The third kappa shape index (κ3) is 5.03. The van der Waals surface area contributed by atoms with E-state index in [1.807, 2.05) is 36.6 Å². The lowest BCUT2D eigenvalue weighted by Crippen LogP contribution is -2.26. The molecule has 0 saturated heterocycles. The van der Waals surface area contributed by atoms with E-state index in [1.54, 1.807) is 26.2 Å². The molecule has 3 rings (SSSR count). The second kappa shape index (κ2) is 9.45. The van der Waals surface area contributed by atoms with E-state index in [4.69, 9.17) is 4.74 Å². The number of carbonyl (C=O) groups excluding carboxylic acids is 1. The molecule has 3 aromatic rings. The molecular formula is C23H24N2O4S2. The Morgan fingerprint density at radius 1 is 1.13 bits per heavy atom. The molecule has 162 valence electrons. The van der Waals surface area contributed by atoms with Gasteiger partial charge in [0.2, 0.25) is 0 Å². The minimum absolute atomic E-state index is 0.0818. The number of rotatable bonds is 8. The Balaban J connectivity index is 1.98. The average molecular weight is 457 g/mol. The van der Waals surface area contributed by atoms with Crippen molar-refractivity contribution in [1.82, 2.24) is 4.98 Å². The van der Waals surface area contributed by atoms with Crippen LogP contribution in [0.25, 0.3) is 11.3 Å². The second-order valence-electron chi connectivity index (χ2n) is 6.98. The van der Waals surface area contributed by atoms with E-state index in [2.05, 4.69) is 11.6 Å². The third-order valence-corrected chi connectivity index (χ3v) is 7.33. The quantitative estimate of drug-likeness (QED) is 0.433. The van der Waals surface area contributed by atoms with E-state index in [0.29, 0.717) is 22.8 Å². The van der Waals surface area contributed by atoms with Gasteiger partial charge in [-0.25, -0.2) is 13.4 Å². The SMILES string of the molecule is C=C(C)C(=O)N(c1ccc(S(=O)(=O)CCC)cc1)c1nc(-c2ccc(OC)cc2)cs1. The van der Waals surface area contributed by atoms with Crippen molar-refractivity contribution in [3.05, 3.63) is 66.1 Å². The van der Waals surface area contributed by atoms with Crippen LogP contribution in [-0.2, 0) is 14.6 Å². The van der Waals surface area contributed by atoms with E-state index in [1.165, 1.54) is 28.4 Å². The van der Waals surface area contributed by atoms with E-state index < -0.39 is 9.84 Å². The molecule has 1 aromatic heterocycles. The summed E-state index contributed by atoms with van der Waals surface area (Å²) in [7, 11) is -1.73. The van der Waals surface area contributed by atoms with Crippen LogP contribution in [0.3, 0.4) is 0 Å². The highest BCUT2D eigenvalue weighted by atomic mass is 32.2. The largest absolute Gasteiger partial charge is 0.497 e. The summed E-state index contributed by atoms with van der Waals surface area (Å²) in [6, 6.07) is 13.8. The molecule has 6 nitrogen and oxygen atoms in total. The van der Waals surface area contributed by atoms with Crippen molar-refractivity contribution in [2.45, 2.75) is 25.2 Å². The Kier molecular flexibility index (Phi) is 6.92. The van der Waals surface area contributed by atoms with Gasteiger partial charge >= 0.3 is 0 Å². The van der Waals surface area contributed by atoms with Crippen LogP contribution in [0.15, 0.2) is 71.0 Å². The number of anilines is 2. The van der Waals surface area contributed by atoms with Crippen LogP contribution in [0.5, 0.6) is 5.75 Å². The molecule has 0 N–H and O–H groups in total. The number of hydrogen-bond acceptors (Lipinski definition) is 6. The van der Waals surface area contributed by atoms with Gasteiger partial charge < -0.3 is 4.74 Å². The molecule has 0 unspecified atom stereocenters. The summed E-state index contributed by atoms with van der Waals surface area (Å²) in [5, 5.41) is 2.35. The maximum atomic E-state index is 12.9. The van der Waals surface area contributed by atoms with Crippen LogP contribution in [0.4, 0.5) is 10.8 Å². The Hall–Kier alpha value is -2.97. The van der Waals surface area contributed by atoms with Crippen LogP contribution in [-0.4, -0.2) is 32.2 Å². The molecule has 31 heavy (non-hydrogen) atoms. The summed E-state index contributed by atoms with van der Waals surface area (Å²) in [5.74, 6) is 0.523. The van der Waals surface area contributed by atoms with Crippen molar-refractivity contribution in [3.63, 3.8) is 0 Å². The number of ether oxygens (including phenoxy) is 1. The Morgan fingerprint density at radius 3 is 2.32 bits per heavy atom. The first-order valence-electron chi connectivity index (χ1n) is 9.69. The number of sulfone groups is 1. The first-order valence-corrected chi connectivity index (χ1v) is 12.2. The molecule has 0 radical (unpaired) electrons. The zero-order valence-corrected chi connectivity index (χ0v) is 19.3. The lowest BCUT2D eigenvalue weighted by molar-refractivity contribution is -0.114. The second-order valence-corrected chi connectivity index (χ2v) is 9.92. The molecule has 0 spiro atoms. The summed E-state index contributed by atoms with van der Waals surface area (Å²) in [6.45, 7) is 7.22. The van der Waals surface area contributed by atoms with Gasteiger partial charge in [0.1, 0.15) is 5.75 Å². The van der Waals surface area contributed by atoms with Gasteiger partial charge in [-0.05, 0) is 61.9 Å². The summed E-state index contributed by atoms with van der Waals surface area (Å²) < 4.78 is 29.8. The molecule has 0 aliphatic carbocycles. The molecular weight excluding hydrogens is 432 g/mol. The number of amides is 1. The fraction of sp³-hybridized carbons (Fsp3) is 0.217. The number of aromatic nitrogens is 1. The highest BCUT2D eigenvalue weighted by Gasteiger charge is 2.23. The van der Waals surface area contributed by atoms with Crippen molar-refractivity contribution < 1.29 is 17.9 Å². The van der Waals surface area contributed by atoms with Crippen LogP contribution < -0.4 is 9.64 Å². The number of nitrogens with zero attached hydrogens (tertiary/aromatic N) is 2. The van der Waals surface area contributed by atoms with E-state index in [9.17, 15) is 13.2 Å². The number of thiazole rings is 1. The molecule has 1 heterocycles. The predicted octanol–water partition coefficient (Wildman–Crippen LogP) is 5.24. The maximum Gasteiger partial charge on any atom is 0.259 e. The minimum atomic E-state index is -3.34. The molecule has 0 aliphatic heterocycles. The van der Waals surface area contributed by atoms with Gasteiger partial charge in [0, 0.05) is 16.5 Å². The molecule has 0 aliphatic rings. The number of hydrogen-bond donors (Lipinski definition) is 0. The van der Waals surface area contributed by atoms with Crippen molar-refractivity contribution >= 4 is 37.9 Å². The molecule has 8 heteroatoms. The van der Waals surface area contributed by atoms with Gasteiger partial charge in [0.15, 0.2) is 15.0 Å². The van der Waals surface area contributed by atoms with Gasteiger partial charge in [0.05, 0.1) is 29.1 Å². The van der Waals surface area contributed by atoms with Crippen molar-refractivity contribution in [2.24, 2.45) is 0 Å². The first kappa shape index (κ1) is 22.7. The Labute approximate surface area is 186 Å². The summed E-state index contributed by atoms with van der Waals surface area (Å²) >= 11 is 1.32. The third-order valence-electron chi connectivity index (χ3n) is 4.56. The normalized spacial score (nSPS) is 11.2. The van der Waals surface area contributed by atoms with E-state index in [-0.39, 0.29) is 16.6 Å². The highest BCUT2D eigenvalue weighted by molar-refractivity contribution is 7.91. The topological polar surface area (TPSA) is 76.6 Å². The van der Waals surface area contributed by atoms with Crippen LogP contribution in [0, 0.1) is 0 Å². The lowest BCUT2D eigenvalue weighted by Gasteiger charge is -2.20. The summed E-state index contributed by atoms with van der Waals surface area (Å²) in [5.41, 5.74) is 2.50. The number of benzene rings is 2. The van der Waals surface area contributed by atoms with Crippen molar-refractivity contribution in [2.75, 3.05) is 17.8 Å².